The van der Waals surface area contributed by atoms with Crippen LogP contribution in [0.15, 0.2) is 35.7 Å². The van der Waals surface area contributed by atoms with Crippen molar-refractivity contribution in [3.8, 4) is 0 Å². The van der Waals surface area contributed by atoms with Crippen LogP contribution in [0.3, 0.4) is 0 Å². The van der Waals surface area contributed by atoms with Gasteiger partial charge in [0.2, 0.25) is 10.0 Å². The summed E-state index contributed by atoms with van der Waals surface area (Å²) in [6.45, 7) is 4.42. The minimum absolute atomic E-state index is 0.136. The van der Waals surface area contributed by atoms with Gasteiger partial charge in [0.1, 0.15) is 10.7 Å². The minimum atomic E-state index is -3.69. The molecule has 0 radical (unpaired) electrons. The molecule has 0 saturated heterocycles. The average molecular weight is 309 g/mol. The first-order valence-corrected chi connectivity index (χ1v) is 8.26. The summed E-state index contributed by atoms with van der Waals surface area (Å²) in [5.41, 5.74) is 0.536. The van der Waals surface area contributed by atoms with E-state index in [0.29, 0.717) is 24.5 Å². The van der Waals surface area contributed by atoms with Crippen molar-refractivity contribution in [1.29, 1.82) is 0 Å². The molecule has 0 aliphatic rings. The molecule has 0 aliphatic carbocycles. The van der Waals surface area contributed by atoms with Crippen LogP contribution in [0.4, 0.5) is 5.69 Å². The average Bonchev–Trinajstić information content (AvgIpc) is 3.00. The molecule has 2 aromatic heterocycles. The van der Waals surface area contributed by atoms with Crippen LogP contribution >= 0.6 is 0 Å². The predicted octanol–water partition coefficient (Wildman–Crippen LogP) is 1.67. The normalized spacial score (nSPS) is 13.0. The van der Waals surface area contributed by atoms with E-state index in [1.807, 2.05) is 13.8 Å². The second kappa shape index (κ2) is 6.68. The van der Waals surface area contributed by atoms with Gasteiger partial charge in [-0.25, -0.2) is 18.1 Å². The van der Waals surface area contributed by atoms with Crippen molar-refractivity contribution in [2.75, 3.05) is 11.9 Å². The van der Waals surface area contributed by atoms with E-state index in [2.05, 4.69) is 25.0 Å². The molecule has 114 valence electrons. The molecule has 0 aliphatic heterocycles. The second-order valence-corrected chi connectivity index (χ2v) is 6.14. The number of aromatic nitrogens is 3. The van der Waals surface area contributed by atoms with Gasteiger partial charge in [-0.05, 0) is 19.4 Å². The highest BCUT2D eigenvalue weighted by Gasteiger charge is 2.24. The zero-order valence-electron chi connectivity index (χ0n) is 12.0. The molecule has 1 unspecified atom stereocenters. The predicted molar refractivity (Wildman–Crippen MR) is 80.3 cm³/mol. The van der Waals surface area contributed by atoms with Crippen LogP contribution in [0.25, 0.3) is 0 Å². The Hall–Kier alpha value is -1.93. The van der Waals surface area contributed by atoms with Crippen molar-refractivity contribution in [2.24, 2.45) is 0 Å². The quantitative estimate of drug-likeness (QED) is 0.722. The molecular formula is C13H19N5O2S. The maximum absolute atomic E-state index is 12.6. The first-order chi connectivity index (χ1) is 10.1. The number of imidazole rings is 1. The Kier molecular flexibility index (Phi) is 4.92. The fourth-order valence-corrected chi connectivity index (χ4v) is 3.39. The van der Waals surface area contributed by atoms with Gasteiger partial charge in [0, 0.05) is 31.3 Å². The van der Waals surface area contributed by atoms with E-state index >= 15 is 0 Å². The van der Waals surface area contributed by atoms with Crippen LogP contribution in [0.1, 0.15) is 32.1 Å². The van der Waals surface area contributed by atoms with E-state index in [1.54, 1.807) is 24.7 Å². The number of nitrogens with zero attached hydrogens (tertiary/aromatic N) is 2. The Morgan fingerprint density at radius 2 is 2.14 bits per heavy atom. The third-order valence-corrected chi connectivity index (χ3v) is 4.50. The second-order valence-electron chi connectivity index (χ2n) is 4.46. The number of sulfonamides is 1. The van der Waals surface area contributed by atoms with Crippen LogP contribution in [0.2, 0.25) is 0 Å². The van der Waals surface area contributed by atoms with Gasteiger partial charge in [-0.1, -0.05) is 6.92 Å². The van der Waals surface area contributed by atoms with Gasteiger partial charge < -0.3 is 10.3 Å². The number of hydrogen-bond donors (Lipinski definition) is 3. The Labute approximate surface area is 124 Å². The van der Waals surface area contributed by atoms with Gasteiger partial charge in [-0.3, -0.25) is 4.98 Å². The Bertz CT molecular complexity index is 670. The number of H-pyrrole nitrogens is 1. The summed E-state index contributed by atoms with van der Waals surface area (Å²) in [5.74, 6) is 0.593. The van der Waals surface area contributed by atoms with Gasteiger partial charge in [0.15, 0.2) is 0 Å². The van der Waals surface area contributed by atoms with Crippen molar-refractivity contribution in [2.45, 2.75) is 31.2 Å². The first-order valence-electron chi connectivity index (χ1n) is 6.78. The van der Waals surface area contributed by atoms with Gasteiger partial charge in [0.05, 0.1) is 11.7 Å². The molecule has 2 heterocycles. The third-order valence-electron chi connectivity index (χ3n) is 3.00. The number of rotatable bonds is 7. The lowest BCUT2D eigenvalue weighted by Crippen LogP contribution is -2.29. The monoisotopic (exact) mass is 309 g/mol. The van der Waals surface area contributed by atoms with Crippen LogP contribution in [0, 0.1) is 0 Å². The standard InChI is InChI=1S/C13H19N5O2S/c1-3-10(13-16-7-8-17-13)18-21(19,20)12-9-14-6-5-11(12)15-4-2/h5-10,18H,3-4H2,1-2H3,(H,14,15)(H,16,17). The lowest BCUT2D eigenvalue weighted by molar-refractivity contribution is 0.539. The molecule has 0 fully saturated rings. The molecule has 1 atom stereocenters. The SMILES string of the molecule is CCNc1ccncc1S(=O)(=O)NC(CC)c1ncc[nH]1. The zero-order valence-corrected chi connectivity index (χ0v) is 12.8. The molecule has 2 rings (SSSR count). The molecule has 21 heavy (non-hydrogen) atoms. The fraction of sp³-hybridized carbons (Fsp3) is 0.385. The van der Waals surface area contributed by atoms with E-state index in [4.69, 9.17) is 0 Å². The third kappa shape index (κ3) is 3.59. The zero-order chi connectivity index (χ0) is 15.3. The molecular weight excluding hydrogens is 290 g/mol. The number of nitrogens with one attached hydrogen (secondary N) is 3. The molecule has 0 amide bonds. The van der Waals surface area contributed by atoms with E-state index in [9.17, 15) is 8.42 Å². The lowest BCUT2D eigenvalue weighted by Gasteiger charge is -2.17. The molecule has 3 N–H and O–H groups in total. The minimum Gasteiger partial charge on any atom is -0.384 e. The number of pyridine rings is 1. The van der Waals surface area contributed by atoms with Crippen LogP contribution < -0.4 is 10.0 Å². The van der Waals surface area contributed by atoms with Crippen molar-refractivity contribution in [3.05, 3.63) is 36.7 Å². The number of anilines is 1. The molecule has 8 heteroatoms. The van der Waals surface area contributed by atoms with Crippen LogP contribution in [-0.2, 0) is 10.0 Å². The summed E-state index contributed by atoms with van der Waals surface area (Å²) in [4.78, 5) is 11.1. The Balaban J connectivity index is 2.30. The van der Waals surface area contributed by atoms with Crippen LogP contribution in [-0.4, -0.2) is 29.9 Å². The van der Waals surface area contributed by atoms with Crippen LogP contribution in [0.5, 0.6) is 0 Å². The summed E-state index contributed by atoms with van der Waals surface area (Å²) >= 11 is 0. The molecule has 2 aromatic rings. The molecule has 0 spiro atoms. The van der Waals surface area contributed by atoms with Crippen molar-refractivity contribution < 1.29 is 8.42 Å². The molecule has 0 saturated carbocycles. The van der Waals surface area contributed by atoms with Crippen molar-refractivity contribution >= 4 is 15.7 Å². The van der Waals surface area contributed by atoms with Gasteiger partial charge in [-0.15, -0.1) is 0 Å². The summed E-state index contributed by atoms with van der Waals surface area (Å²) in [6, 6.07) is 1.24. The van der Waals surface area contributed by atoms with Gasteiger partial charge in [0.25, 0.3) is 0 Å². The topological polar surface area (TPSA) is 99.8 Å². The molecule has 0 aromatic carbocycles. The van der Waals surface area contributed by atoms with E-state index in [1.165, 1.54) is 6.20 Å². The van der Waals surface area contributed by atoms with Crippen molar-refractivity contribution in [1.82, 2.24) is 19.7 Å². The van der Waals surface area contributed by atoms with E-state index in [0.717, 1.165) is 0 Å². The van der Waals surface area contributed by atoms with Gasteiger partial charge in [-0.2, -0.15) is 0 Å². The number of hydrogen-bond acceptors (Lipinski definition) is 5. The number of aromatic amines is 1. The maximum atomic E-state index is 12.6. The maximum Gasteiger partial charge on any atom is 0.244 e. The summed E-state index contributed by atoms with van der Waals surface area (Å²) in [7, 11) is -3.69. The highest BCUT2D eigenvalue weighted by molar-refractivity contribution is 7.89. The summed E-state index contributed by atoms with van der Waals surface area (Å²) < 4.78 is 27.8. The summed E-state index contributed by atoms with van der Waals surface area (Å²) in [5, 5.41) is 3.03. The Morgan fingerprint density at radius 1 is 1.33 bits per heavy atom. The van der Waals surface area contributed by atoms with Crippen molar-refractivity contribution in [3.63, 3.8) is 0 Å². The Morgan fingerprint density at radius 3 is 2.76 bits per heavy atom. The smallest absolute Gasteiger partial charge is 0.244 e. The fourth-order valence-electron chi connectivity index (χ4n) is 1.98. The van der Waals surface area contributed by atoms with E-state index < -0.39 is 16.1 Å². The van der Waals surface area contributed by atoms with Gasteiger partial charge >= 0.3 is 0 Å². The highest BCUT2D eigenvalue weighted by Crippen LogP contribution is 2.22. The largest absolute Gasteiger partial charge is 0.384 e. The summed E-state index contributed by atoms with van der Waals surface area (Å²) in [6.07, 6.45) is 6.75. The molecule has 0 bridgehead atoms. The first kappa shape index (κ1) is 15.5. The highest BCUT2D eigenvalue weighted by atomic mass is 32.2. The van der Waals surface area contributed by atoms with E-state index in [-0.39, 0.29) is 4.90 Å². The lowest BCUT2D eigenvalue weighted by atomic mass is 10.2. The molecule has 7 nitrogen and oxygen atoms in total.